The molecule has 4 rings (SSSR count). The largest absolute Gasteiger partial charge is 0.353 e. The standard InChI is InChI=1S/C17H28N6O/c24-17(19-14-3-4-14)12-22-7-1-2-13(11-22)15-10-16(21-20-15)23-8-5-18-6-9-23/h10,13-14,18H,1-9,11-12H2,(H,19,24)(H,20,21). The van der Waals surface area contributed by atoms with E-state index in [0.29, 0.717) is 18.5 Å². The number of hydrogen-bond acceptors (Lipinski definition) is 5. The van der Waals surface area contributed by atoms with Crippen molar-refractivity contribution in [3.63, 3.8) is 0 Å². The second-order valence-corrected chi connectivity index (χ2v) is 7.33. The minimum absolute atomic E-state index is 0.185. The first-order valence-corrected chi connectivity index (χ1v) is 9.30. The monoisotopic (exact) mass is 332 g/mol. The van der Waals surface area contributed by atoms with Crippen LogP contribution in [0.2, 0.25) is 0 Å². The summed E-state index contributed by atoms with van der Waals surface area (Å²) in [5, 5.41) is 14.2. The van der Waals surface area contributed by atoms with Crippen molar-refractivity contribution >= 4 is 11.7 Å². The van der Waals surface area contributed by atoms with Crippen LogP contribution in [-0.4, -0.2) is 72.9 Å². The minimum atomic E-state index is 0.185. The summed E-state index contributed by atoms with van der Waals surface area (Å²) in [6.45, 7) is 6.58. The lowest BCUT2D eigenvalue weighted by molar-refractivity contribution is -0.122. The second kappa shape index (κ2) is 7.11. The van der Waals surface area contributed by atoms with E-state index in [2.05, 4.69) is 36.7 Å². The third-order valence-corrected chi connectivity index (χ3v) is 5.28. The van der Waals surface area contributed by atoms with Gasteiger partial charge in [0.25, 0.3) is 0 Å². The van der Waals surface area contributed by atoms with Gasteiger partial charge in [0.15, 0.2) is 5.82 Å². The average molecular weight is 332 g/mol. The van der Waals surface area contributed by atoms with Gasteiger partial charge in [-0.15, -0.1) is 0 Å². The highest BCUT2D eigenvalue weighted by atomic mass is 16.2. The van der Waals surface area contributed by atoms with E-state index in [4.69, 9.17) is 0 Å². The quantitative estimate of drug-likeness (QED) is 0.722. The number of anilines is 1. The Labute approximate surface area is 143 Å². The average Bonchev–Trinajstić information content (AvgIpc) is 3.27. The van der Waals surface area contributed by atoms with Gasteiger partial charge in [-0.05, 0) is 32.2 Å². The zero-order chi connectivity index (χ0) is 16.4. The van der Waals surface area contributed by atoms with Crippen molar-refractivity contribution in [3.8, 4) is 0 Å². The first kappa shape index (κ1) is 15.9. The number of H-pyrrole nitrogens is 1. The normalized spacial score (nSPS) is 25.7. The maximum absolute atomic E-state index is 12.0. The maximum Gasteiger partial charge on any atom is 0.234 e. The van der Waals surface area contributed by atoms with Gasteiger partial charge in [0.05, 0.1) is 6.54 Å². The summed E-state index contributed by atoms with van der Waals surface area (Å²) in [4.78, 5) is 16.7. The SMILES string of the molecule is O=C(CN1CCCC(c2cc(N3CCNCC3)n[nH]2)C1)NC1CC1. The minimum Gasteiger partial charge on any atom is -0.353 e. The van der Waals surface area contributed by atoms with Crippen LogP contribution in [-0.2, 0) is 4.79 Å². The highest BCUT2D eigenvalue weighted by Crippen LogP contribution is 2.28. The van der Waals surface area contributed by atoms with Crippen molar-refractivity contribution in [1.82, 2.24) is 25.7 Å². The molecular formula is C17H28N6O. The van der Waals surface area contributed by atoms with Crippen molar-refractivity contribution in [2.24, 2.45) is 0 Å². The Bertz CT molecular complexity index is 563. The van der Waals surface area contributed by atoms with Gasteiger partial charge >= 0.3 is 0 Å². The molecular weight excluding hydrogens is 304 g/mol. The van der Waals surface area contributed by atoms with E-state index in [0.717, 1.165) is 64.3 Å². The molecule has 1 aromatic rings. The number of carbonyl (C=O) groups excluding carboxylic acids is 1. The van der Waals surface area contributed by atoms with Crippen LogP contribution in [0.15, 0.2) is 6.07 Å². The van der Waals surface area contributed by atoms with Gasteiger partial charge in [0, 0.05) is 56.4 Å². The number of nitrogens with zero attached hydrogens (tertiary/aromatic N) is 3. The summed E-state index contributed by atoms with van der Waals surface area (Å²) in [6, 6.07) is 2.66. The van der Waals surface area contributed by atoms with Gasteiger partial charge in [-0.25, -0.2) is 0 Å². The molecule has 2 saturated heterocycles. The number of piperazine rings is 1. The van der Waals surface area contributed by atoms with Crippen LogP contribution in [0.4, 0.5) is 5.82 Å². The molecule has 1 unspecified atom stereocenters. The zero-order valence-electron chi connectivity index (χ0n) is 14.3. The lowest BCUT2D eigenvalue weighted by Gasteiger charge is -2.31. The van der Waals surface area contributed by atoms with Crippen molar-refractivity contribution in [1.29, 1.82) is 0 Å². The molecule has 1 aliphatic carbocycles. The Hall–Kier alpha value is -1.60. The molecule has 3 N–H and O–H groups in total. The Balaban J connectivity index is 1.33. The molecule has 1 amide bonds. The third-order valence-electron chi connectivity index (χ3n) is 5.28. The molecule has 24 heavy (non-hydrogen) atoms. The molecule has 3 fully saturated rings. The predicted molar refractivity (Wildman–Crippen MR) is 93.3 cm³/mol. The molecule has 1 atom stereocenters. The number of carbonyl (C=O) groups is 1. The van der Waals surface area contributed by atoms with E-state index in [9.17, 15) is 4.79 Å². The fourth-order valence-electron chi connectivity index (χ4n) is 3.75. The highest BCUT2D eigenvalue weighted by molar-refractivity contribution is 5.78. The molecule has 3 heterocycles. The Morgan fingerprint density at radius 2 is 2.08 bits per heavy atom. The maximum atomic E-state index is 12.0. The van der Waals surface area contributed by atoms with E-state index in [1.165, 1.54) is 12.1 Å². The van der Waals surface area contributed by atoms with Crippen LogP contribution in [0.25, 0.3) is 0 Å². The van der Waals surface area contributed by atoms with E-state index >= 15 is 0 Å². The number of amides is 1. The van der Waals surface area contributed by atoms with E-state index in [1.54, 1.807) is 0 Å². The number of rotatable bonds is 5. The van der Waals surface area contributed by atoms with Gasteiger partial charge in [0.2, 0.25) is 5.91 Å². The Kier molecular flexibility index (Phi) is 4.71. The zero-order valence-corrected chi connectivity index (χ0v) is 14.3. The molecule has 132 valence electrons. The summed E-state index contributed by atoms with van der Waals surface area (Å²) >= 11 is 0. The molecule has 0 radical (unpaired) electrons. The van der Waals surface area contributed by atoms with Crippen molar-refractivity contribution in [2.75, 3.05) is 50.7 Å². The fourth-order valence-corrected chi connectivity index (χ4v) is 3.75. The van der Waals surface area contributed by atoms with Crippen LogP contribution in [0.3, 0.4) is 0 Å². The lowest BCUT2D eigenvalue weighted by atomic mass is 9.95. The number of aromatic nitrogens is 2. The number of hydrogen-bond donors (Lipinski definition) is 3. The van der Waals surface area contributed by atoms with Gasteiger partial charge in [-0.1, -0.05) is 0 Å². The van der Waals surface area contributed by atoms with Crippen molar-refractivity contribution in [2.45, 2.75) is 37.6 Å². The molecule has 7 heteroatoms. The molecule has 7 nitrogen and oxygen atoms in total. The first-order chi connectivity index (χ1) is 11.8. The molecule has 0 spiro atoms. The summed E-state index contributed by atoms with van der Waals surface area (Å²) in [5.74, 6) is 1.70. The van der Waals surface area contributed by atoms with Crippen LogP contribution < -0.4 is 15.5 Å². The molecule has 0 bridgehead atoms. The van der Waals surface area contributed by atoms with Crippen molar-refractivity contribution < 1.29 is 4.79 Å². The Morgan fingerprint density at radius 3 is 2.88 bits per heavy atom. The number of piperidine rings is 1. The first-order valence-electron chi connectivity index (χ1n) is 9.30. The second-order valence-electron chi connectivity index (χ2n) is 7.33. The van der Waals surface area contributed by atoms with E-state index in [1.807, 2.05) is 0 Å². The smallest absolute Gasteiger partial charge is 0.234 e. The molecule has 1 saturated carbocycles. The summed E-state index contributed by atoms with van der Waals surface area (Å²) < 4.78 is 0. The molecule has 3 aliphatic rings. The van der Waals surface area contributed by atoms with Crippen molar-refractivity contribution in [3.05, 3.63) is 11.8 Å². The van der Waals surface area contributed by atoms with Gasteiger partial charge < -0.3 is 15.5 Å². The Morgan fingerprint density at radius 1 is 1.25 bits per heavy atom. The molecule has 2 aliphatic heterocycles. The van der Waals surface area contributed by atoms with E-state index in [-0.39, 0.29) is 5.91 Å². The predicted octanol–water partition coefficient (Wildman–Crippen LogP) is 0.277. The van der Waals surface area contributed by atoms with Crippen LogP contribution >= 0.6 is 0 Å². The van der Waals surface area contributed by atoms with E-state index < -0.39 is 0 Å². The third kappa shape index (κ3) is 3.89. The topological polar surface area (TPSA) is 76.3 Å². The lowest BCUT2D eigenvalue weighted by Crippen LogP contribution is -2.43. The molecule has 0 aromatic carbocycles. The van der Waals surface area contributed by atoms with Crippen LogP contribution in [0.1, 0.15) is 37.3 Å². The van der Waals surface area contributed by atoms with Gasteiger partial charge in [-0.3, -0.25) is 14.8 Å². The summed E-state index contributed by atoms with van der Waals surface area (Å²) in [6.07, 6.45) is 4.61. The molecule has 1 aromatic heterocycles. The number of likely N-dealkylation sites (tertiary alicyclic amines) is 1. The number of aromatic amines is 1. The van der Waals surface area contributed by atoms with Gasteiger partial charge in [0.1, 0.15) is 0 Å². The van der Waals surface area contributed by atoms with Crippen LogP contribution in [0, 0.1) is 0 Å². The van der Waals surface area contributed by atoms with Crippen LogP contribution in [0.5, 0.6) is 0 Å². The number of nitrogens with one attached hydrogen (secondary N) is 3. The summed E-state index contributed by atoms with van der Waals surface area (Å²) in [7, 11) is 0. The van der Waals surface area contributed by atoms with Gasteiger partial charge in [-0.2, -0.15) is 5.10 Å². The summed E-state index contributed by atoms with van der Waals surface area (Å²) in [5.41, 5.74) is 1.22. The highest BCUT2D eigenvalue weighted by Gasteiger charge is 2.27. The fraction of sp³-hybridized carbons (Fsp3) is 0.765.